The summed E-state index contributed by atoms with van der Waals surface area (Å²) in [5, 5.41) is 1.81. The SMILES string of the molecule is CCOc1cc(Cl)c(C(Br)c2ccc(C)cc2Cl)cc1Cl. The van der Waals surface area contributed by atoms with E-state index in [1.807, 2.05) is 38.1 Å². The van der Waals surface area contributed by atoms with E-state index in [-0.39, 0.29) is 4.83 Å². The molecule has 1 atom stereocenters. The molecule has 5 heteroatoms. The molecule has 1 nitrogen and oxygen atoms in total. The first-order valence-electron chi connectivity index (χ1n) is 6.46. The second kappa shape index (κ2) is 7.23. The van der Waals surface area contributed by atoms with Crippen molar-refractivity contribution in [2.75, 3.05) is 6.61 Å². The molecule has 0 aliphatic heterocycles. The van der Waals surface area contributed by atoms with E-state index in [9.17, 15) is 0 Å². The van der Waals surface area contributed by atoms with Crippen molar-refractivity contribution in [1.82, 2.24) is 0 Å². The summed E-state index contributed by atoms with van der Waals surface area (Å²) in [6, 6.07) is 9.47. The smallest absolute Gasteiger partial charge is 0.139 e. The fourth-order valence-corrected chi connectivity index (χ4v) is 3.88. The first-order valence-corrected chi connectivity index (χ1v) is 8.50. The summed E-state index contributed by atoms with van der Waals surface area (Å²) in [7, 11) is 0. The van der Waals surface area contributed by atoms with E-state index in [4.69, 9.17) is 39.5 Å². The lowest BCUT2D eigenvalue weighted by molar-refractivity contribution is 0.340. The standard InChI is InChI=1S/C16H14BrCl3O/c1-3-21-15-8-13(19)11(7-14(15)20)16(17)10-5-4-9(2)6-12(10)18/h4-8,16H,3H2,1-2H3. The predicted octanol–water partition coefficient (Wildman–Crippen LogP) is 6.84. The van der Waals surface area contributed by atoms with E-state index in [0.717, 1.165) is 16.7 Å². The molecule has 2 aromatic carbocycles. The number of alkyl halides is 1. The van der Waals surface area contributed by atoms with Gasteiger partial charge in [-0.2, -0.15) is 0 Å². The molecule has 0 aliphatic rings. The summed E-state index contributed by atoms with van der Waals surface area (Å²) < 4.78 is 5.44. The van der Waals surface area contributed by atoms with E-state index in [0.29, 0.717) is 27.4 Å². The minimum absolute atomic E-state index is 0.133. The van der Waals surface area contributed by atoms with Crippen molar-refractivity contribution in [3.05, 3.63) is 62.1 Å². The van der Waals surface area contributed by atoms with Crippen LogP contribution in [-0.2, 0) is 0 Å². The fraction of sp³-hybridized carbons (Fsp3) is 0.250. The van der Waals surface area contributed by atoms with Gasteiger partial charge in [0.25, 0.3) is 0 Å². The van der Waals surface area contributed by atoms with Crippen LogP contribution in [0.25, 0.3) is 0 Å². The molecule has 0 saturated carbocycles. The summed E-state index contributed by atoms with van der Waals surface area (Å²) in [6.07, 6.45) is 0. The van der Waals surface area contributed by atoms with Crippen molar-refractivity contribution in [1.29, 1.82) is 0 Å². The van der Waals surface area contributed by atoms with Gasteiger partial charge in [0, 0.05) is 16.1 Å². The lowest BCUT2D eigenvalue weighted by Crippen LogP contribution is -1.98. The molecule has 0 spiro atoms. The third-order valence-electron chi connectivity index (χ3n) is 3.05. The highest BCUT2D eigenvalue weighted by molar-refractivity contribution is 9.09. The molecule has 1 unspecified atom stereocenters. The second-order valence-electron chi connectivity index (χ2n) is 4.62. The summed E-state index contributed by atoms with van der Waals surface area (Å²) in [5.41, 5.74) is 2.92. The highest BCUT2D eigenvalue weighted by atomic mass is 79.9. The Morgan fingerprint density at radius 1 is 1.00 bits per heavy atom. The first-order chi connectivity index (χ1) is 9.93. The zero-order valence-electron chi connectivity index (χ0n) is 11.6. The average Bonchev–Trinajstić information content (AvgIpc) is 2.42. The van der Waals surface area contributed by atoms with Gasteiger partial charge in [-0.3, -0.25) is 0 Å². The van der Waals surface area contributed by atoms with Crippen molar-refractivity contribution >= 4 is 50.7 Å². The molecule has 0 fully saturated rings. The maximum absolute atomic E-state index is 6.35. The Morgan fingerprint density at radius 2 is 1.67 bits per heavy atom. The molecule has 0 bridgehead atoms. The zero-order chi connectivity index (χ0) is 15.6. The second-order valence-corrected chi connectivity index (χ2v) is 6.76. The number of hydrogen-bond donors (Lipinski definition) is 0. The first kappa shape index (κ1) is 17.0. The van der Waals surface area contributed by atoms with Gasteiger partial charge in [-0.15, -0.1) is 0 Å². The number of ether oxygens (including phenoxy) is 1. The summed E-state index contributed by atoms with van der Waals surface area (Å²) in [6.45, 7) is 4.44. The minimum Gasteiger partial charge on any atom is -0.492 e. The molecule has 0 amide bonds. The Labute approximate surface area is 148 Å². The Hall–Kier alpha value is -0.410. The molecule has 0 aromatic heterocycles. The van der Waals surface area contributed by atoms with Crippen molar-refractivity contribution in [3.63, 3.8) is 0 Å². The maximum atomic E-state index is 6.35. The molecule has 21 heavy (non-hydrogen) atoms. The van der Waals surface area contributed by atoms with Gasteiger partial charge in [0.15, 0.2) is 0 Å². The van der Waals surface area contributed by atoms with Gasteiger partial charge in [-0.25, -0.2) is 0 Å². The molecule has 2 rings (SSSR count). The lowest BCUT2D eigenvalue weighted by atomic mass is 10.0. The van der Waals surface area contributed by atoms with E-state index in [1.165, 1.54) is 0 Å². The van der Waals surface area contributed by atoms with Gasteiger partial charge < -0.3 is 4.74 Å². The summed E-state index contributed by atoms with van der Waals surface area (Å²) >= 11 is 22.6. The van der Waals surface area contributed by atoms with Crippen LogP contribution in [0.15, 0.2) is 30.3 Å². The average molecular weight is 409 g/mol. The normalized spacial score (nSPS) is 12.3. The molecule has 0 saturated heterocycles. The fourth-order valence-electron chi connectivity index (χ4n) is 2.01. The van der Waals surface area contributed by atoms with Gasteiger partial charge in [0.05, 0.1) is 16.5 Å². The van der Waals surface area contributed by atoms with E-state index in [1.54, 1.807) is 6.07 Å². The van der Waals surface area contributed by atoms with Gasteiger partial charge in [0.1, 0.15) is 5.75 Å². The van der Waals surface area contributed by atoms with E-state index < -0.39 is 0 Å². The third kappa shape index (κ3) is 3.87. The van der Waals surface area contributed by atoms with Crippen molar-refractivity contribution < 1.29 is 4.74 Å². The van der Waals surface area contributed by atoms with Crippen molar-refractivity contribution in [2.24, 2.45) is 0 Å². The van der Waals surface area contributed by atoms with Crippen LogP contribution in [0.4, 0.5) is 0 Å². The van der Waals surface area contributed by atoms with E-state index in [2.05, 4.69) is 15.9 Å². The molecular weight excluding hydrogens is 394 g/mol. The molecule has 112 valence electrons. The van der Waals surface area contributed by atoms with Gasteiger partial charge in [0.2, 0.25) is 0 Å². The Morgan fingerprint density at radius 3 is 2.29 bits per heavy atom. The van der Waals surface area contributed by atoms with Crippen LogP contribution in [0.5, 0.6) is 5.75 Å². The number of hydrogen-bond acceptors (Lipinski definition) is 1. The van der Waals surface area contributed by atoms with Crippen LogP contribution in [-0.4, -0.2) is 6.61 Å². The molecule has 0 heterocycles. The highest BCUT2D eigenvalue weighted by Crippen LogP contribution is 2.42. The van der Waals surface area contributed by atoms with Crippen molar-refractivity contribution in [3.8, 4) is 5.75 Å². The van der Waals surface area contributed by atoms with Crippen LogP contribution in [0.2, 0.25) is 15.1 Å². The maximum Gasteiger partial charge on any atom is 0.139 e. The van der Waals surface area contributed by atoms with Crippen LogP contribution >= 0.6 is 50.7 Å². The predicted molar refractivity (Wildman–Crippen MR) is 94.6 cm³/mol. The van der Waals surface area contributed by atoms with Crippen LogP contribution in [0, 0.1) is 6.92 Å². The Kier molecular flexibility index (Phi) is 5.84. The van der Waals surface area contributed by atoms with Crippen LogP contribution < -0.4 is 4.74 Å². The highest BCUT2D eigenvalue weighted by Gasteiger charge is 2.19. The molecule has 0 aliphatic carbocycles. The molecule has 2 aromatic rings. The number of rotatable bonds is 4. The quantitative estimate of drug-likeness (QED) is 0.503. The monoisotopic (exact) mass is 406 g/mol. The zero-order valence-corrected chi connectivity index (χ0v) is 15.4. The number of benzene rings is 2. The van der Waals surface area contributed by atoms with Crippen LogP contribution in [0.3, 0.4) is 0 Å². The summed E-state index contributed by atoms with van der Waals surface area (Å²) in [5.74, 6) is 0.586. The number of halogens is 4. The van der Waals surface area contributed by atoms with Gasteiger partial charge in [-0.05, 0) is 42.7 Å². The van der Waals surface area contributed by atoms with Crippen molar-refractivity contribution in [2.45, 2.75) is 18.7 Å². The molecular formula is C16H14BrCl3O. The summed E-state index contributed by atoms with van der Waals surface area (Å²) in [4.78, 5) is -0.133. The third-order valence-corrected chi connectivity index (χ3v) is 4.99. The minimum atomic E-state index is -0.133. The lowest BCUT2D eigenvalue weighted by Gasteiger charge is -2.16. The topological polar surface area (TPSA) is 9.23 Å². The molecule has 0 radical (unpaired) electrons. The van der Waals surface area contributed by atoms with E-state index >= 15 is 0 Å². The van der Waals surface area contributed by atoms with Gasteiger partial charge in [-0.1, -0.05) is 62.9 Å². The van der Waals surface area contributed by atoms with Crippen LogP contribution in [0.1, 0.15) is 28.4 Å². The Bertz CT molecular complexity index is 658. The molecule has 0 N–H and O–H groups in total. The largest absolute Gasteiger partial charge is 0.492 e. The number of aryl methyl sites for hydroxylation is 1. The Balaban J connectivity index is 2.43. The van der Waals surface area contributed by atoms with Gasteiger partial charge >= 0.3 is 0 Å².